The molecular weight excluding hydrogens is 233 g/mol. The highest BCUT2D eigenvalue weighted by atomic mass is 35.5. The average molecular weight is 248 g/mol. The smallest absolute Gasteiger partial charge is 0.0518 e. The zero-order valence-electron chi connectivity index (χ0n) is 8.58. The predicted molar refractivity (Wildman–Crippen MR) is 64.6 cm³/mol. The third-order valence-corrected chi connectivity index (χ3v) is 2.98. The Labute approximate surface area is 100.0 Å². The minimum atomic E-state index is -0.411. The molecule has 2 nitrogen and oxygen atoms in total. The van der Waals surface area contributed by atoms with E-state index in [0.29, 0.717) is 23.0 Å². The third-order valence-electron chi connectivity index (χ3n) is 2.32. The SMILES string of the molecule is CC(O)CC(CN)c1c(Cl)cccc1Cl. The maximum absolute atomic E-state index is 9.36. The zero-order chi connectivity index (χ0) is 11.4. The van der Waals surface area contributed by atoms with E-state index in [1.807, 2.05) is 0 Å². The quantitative estimate of drug-likeness (QED) is 0.860. The van der Waals surface area contributed by atoms with Gasteiger partial charge in [0.25, 0.3) is 0 Å². The van der Waals surface area contributed by atoms with Gasteiger partial charge in [0, 0.05) is 16.0 Å². The molecule has 0 radical (unpaired) electrons. The molecule has 0 aromatic heterocycles. The lowest BCUT2D eigenvalue weighted by Gasteiger charge is -2.19. The molecule has 0 bridgehead atoms. The molecule has 0 saturated carbocycles. The fraction of sp³-hybridized carbons (Fsp3) is 0.455. The molecule has 0 aliphatic rings. The fourth-order valence-electron chi connectivity index (χ4n) is 1.64. The monoisotopic (exact) mass is 247 g/mol. The molecule has 0 amide bonds. The zero-order valence-corrected chi connectivity index (χ0v) is 10.1. The molecule has 2 unspecified atom stereocenters. The summed E-state index contributed by atoms with van der Waals surface area (Å²) in [7, 11) is 0. The summed E-state index contributed by atoms with van der Waals surface area (Å²) in [6.07, 6.45) is 0.158. The summed E-state index contributed by atoms with van der Waals surface area (Å²) in [4.78, 5) is 0. The molecule has 84 valence electrons. The van der Waals surface area contributed by atoms with Gasteiger partial charge in [-0.05, 0) is 37.6 Å². The molecule has 4 heteroatoms. The second-order valence-corrected chi connectivity index (χ2v) is 4.47. The molecular formula is C11H15Cl2NO. The van der Waals surface area contributed by atoms with Crippen LogP contribution in [0.4, 0.5) is 0 Å². The summed E-state index contributed by atoms with van der Waals surface area (Å²) >= 11 is 12.1. The molecule has 15 heavy (non-hydrogen) atoms. The van der Waals surface area contributed by atoms with Crippen molar-refractivity contribution in [3.63, 3.8) is 0 Å². The van der Waals surface area contributed by atoms with Crippen LogP contribution in [0, 0.1) is 0 Å². The fourth-order valence-corrected chi connectivity index (χ4v) is 2.35. The van der Waals surface area contributed by atoms with Crippen LogP contribution in [-0.4, -0.2) is 17.8 Å². The summed E-state index contributed by atoms with van der Waals surface area (Å²) in [6.45, 7) is 2.15. The van der Waals surface area contributed by atoms with Crippen molar-refractivity contribution in [2.75, 3.05) is 6.54 Å². The molecule has 0 saturated heterocycles. The van der Waals surface area contributed by atoms with E-state index in [1.165, 1.54) is 0 Å². The lowest BCUT2D eigenvalue weighted by Crippen LogP contribution is -2.18. The van der Waals surface area contributed by atoms with Crippen LogP contribution in [-0.2, 0) is 0 Å². The molecule has 0 fully saturated rings. The van der Waals surface area contributed by atoms with E-state index in [0.717, 1.165) is 5.56 Å². The number of hydrogen-bond donors (Lipinski definition) is 2. The second kappa shape index (κ2) is 5.71. The Bertz CT molecular complexity index is 308. The van der Waals surface area contributed by atoms with Crippen LogP contribution in [0.3, 0.4) is 0 Å². The van der Waals surface area contributed by atoms with Gasteiger partial charge in [0.05, 0.1) is 6.10 Å². The largest absolute Gasteiger partial charge is 0.393 e. The molecule has 2 atom stereocenters. The van der Waals surface area contributed by atoms with Gasteiger partial charge in [0.15, 0.2) is 0 Å². The number of nitrogens with two attached hydrogens (primary N) is 1. The van der Waals surface area contributed by atoms with Gasteiger partial charge in [0.2, 0.25) is 0 Å². The summed E-state index contributed by atoms with van der Waals surface area (Å²) < 4.78 is 0. The van der Waals surface area contributed by atoms with Gasteiger partial charge < -0.3 is 10.8 Å². The number of benzene rings is 1. The summed E-state index contributed by atoms with van der Waals surface area (Å²) in [5, 5.41) is 10.6. The van der Waals surface area contributed by atoms with E-state index >= 15 is 0 Å². The number of aliphatic hydroxyl groups is 1. The number of hydrogen-bond acceptors (Lipinski definition) is 2. The predicted octanol–water partition coefficient (Wildman–Crippen LogP) is 2.81. The van der Waals surface area contributed by atoms with E-state index in [-0.39, 0.29) is 5.92 Å². The van der Waals surface area contributed by atoms with Gasteiger partial charge in [-0.15, -0.1) is 0 Å². The van der Waals surface area contributed by atoms with Crippen molar-refractivity contribution in [3.8, 4) is 0 Å². The summed E-state index contributed by atoms with van der Waals surface area (Å²) in [6, 6.07) is 5.37. The molecule has 3 N–H and O–H groups in total. The van der Waals surface area contributed by atoms with Crippen LogP contribution >= 0.6 is 23.2 Å². The van der Waals surface area contributed by atoms with Crippen molar-refractivity contribution in [1.29, 1.82) is 0 Å². The van der Waals surface area contributed by atoms with Crippen LogP contribution in [0.2, 0.25) is 10.0 Å². The van der Waals surface area contributed by atoms with Gasteiger partial charge in [-0.25, -0.2) is 0 Å². The maximum Gasteiger partial charge on any atom is 0.0518 e. The minimum Gasteiger partial charge on any atom is -0.393 e. The third kappa shape index (κ3) is 3.35. The van der Waals surface area contributed by atoms with E-state index in [4.69, 9.17) is 28.9 Å². The first-order chi connectivity index (χ1) is 7.06. The first-order valence-electron chi connectivity index (χ1n) is 4.88. The summed E-state index contributed by atoms with van der Waals surface area (Å²) in [5.74, 6) is 0.00574. The summed E-state index contributed by atoms with van der Waals surface area (Å²) in [5.41, 5.74) is 6.50. The van der Waals surface area contributed by atoms with Gasteiger partial charge in [0.1, 0.15) is 0 Å². The highest BCUT2D eigenvalue weighted by Gasteiger charge is 2.18. The van der Waals surface area contributed by atoms with Crippen molar-refractivity contribution in [1.82, 2.24) is 0 Å². The van der Waals surface area contributed by atoms with Crippen molar-refractivity contribution in [3.05, 3.63) is 33.8 Å². The molecule has 0 aliphatic heterocycles. The Balaban J connectivity index is 3.00. The minimum absolute atomic E-state index is 0.00574. The Hall–Kier alpha value is -0.280. The Kier molecular flexibility index (Phi) is 4.87. The molecule has 1 rings (SSSR count). The lowest BCUT2D eigenvalue weighted by molar-refractivity contribution is 0.175. The molecule has 0 heterocycles. The van der Waals surface area contributed by atoms with Crippen molar-refractivity contribution < 1.29 is 5.11 Å². The number of rotatable bonds is 4. The van der Waals surface area contributed by atoms with E-state index in [1.54, 1.807) is 25.1 Å². The molecule has 1 aromatic carbocycles. The maximum atomic E-state index is 9.36. The standard InChI is InChI=1S/C11H15Cl2NO/c1-7(15)5-8(6-14)11-9(12)3-2-4-10(11)13/h2-4,7-8,15H,5-6,14H2,1H3. The van der Waals surface area contributed by atoms with Gasteiger partial charge in [-0.3, -0.25) is 0 Å². The van der Waals surface area contributed by atoms with E-state index in [9.17, 15) is 5.11 Å². The van der Waals surface area contributed by atoms with Gasteiger partial charge >= 0.3 is 0 Å². The van der Waals surface area contributed by atoms with Crippen LogP contribution in [0.15, 0.2) is 18.2 Å². The van der Waals surface area contributed by atoms with Gasteiger partial charge in [-0.1, -0.05) is 29.3 Å². The van der Waals surface area contributed by atoms with E-state index < -0.39 is 6.10 Å². The Morgan fingerprint density at radius 1 is 1.33 bits per heavy atom. The van der Waals surface area contributed by atoms with Crippen LogP contribution < -0.4 is 5.73 Å². The first kappa shape index (κ1) is 12.8. The highest BCUT2D eigenvalue weighted by Crippen LogP contribution is 2.33. The molecule has 0 aliphatic carbocycles. The topological polar surface area (TPSA) is 46.2 Å². The number of aliphatic hydroxyl groups excluding tert-OH is 1. The molecule has 1 aromatic rings. The van der Waals surface area contributed by atoms with Crippen molar-refractivity contribution in [2.45, 2.75) is 25.4 Å². The number of halogens is 2. The Morgan fingerprint density at radius 3 is 2.27 bits per heavy atom. The average Bonchev–Trinajstić information content (AvgIpc) is 2.15. The van der Waals surface area contributed by atoms with Gasteiger partial charge in [-0.2, -0.15) is 0 Å². The highest BCUT2D eigenvalue weighted by molar-refractivity contribution is 6.36. The van der Waals surface area contributed by atoms with Crippen LogP contribution in [0.5, 0.6) is 0 Å². The second-order valence-electron chi connectivity index (χ2n) is 3.65. The normalized spacial score (nSPS) is 15.0. The van der Waals surface area contributed by atoms with Crippen LogP contribution in [0.25, 0.3) is 0 Å². The van der Waals surface area contributed by atoms with Crippen molar-refractivity contribution >= 4 is 23.2 Å². The Morgan fingerprint density at radius 2 is 1.87 bits per heavy atom. The molecule has 0 spiro atoms. The van der Waals surface area contributed by atoms with E-state index in [2.05, 4.69) is 0 Å². The first-order valence-corrected chi connectivity index (χ1v) is 5.64. The van der Waals surface area contributed by atoms with Crippen LogP contribution in [0.1, 0.15) is 24.8 Å². The van der Waals surface area contributed by atoms with Crippen molar-refractivity contribution in [2.24, 2.45) is 5.73 Å². The lowest BCUT2D eigenvalue weighted by atomic mass is 9.93.